The lowest BCUT2D eigenvalue weighted by atomic mass is 9.80. The molecule has 0 fully saturated rings. The Bertz CT molecular complexity index is 1240. The summed E-state index contributed by atoms with van der Waals surface area (Å²) < 4.78 is 34.5. The van der Waals surface area contributed by atoms with Crippen LogP contribution < -0.4 is 15.8 Å². The molecule has 33 heavy (non-hydrogen) atoms. The molecule has 4 N–H and O–H groups in total. The van der Waals surface area contributed by atoms with Crippen molar-refractivity contribution in [3.63, 3.8) is 0 Å². The second kappa shape index (κ2) is 8.37. The minimum absolute atomic E-state index is 0.0164. The summed E-state index contributed by atoms with van der Waals surface area (Å²) in [6, 6.07) is 11.9. The molecule has 0 saturated heterocycles. The fraction of sp³-hybridized carbons (Fsp3) is 0.250. The average Bonchev–Trinajstić information content (AvgIpc) is 3.18. The molecule has 172 valence electrons. The van der Waals surface area contributed by atoms with Crippen LogP contribution in [0, 0.1) is 11.6 Å². The van der Waals surface area contributed by atoms with Crippen molar-refractivity contribution in [2.45, 2.75) is 17.9 Å². The third-order valence-corrected chi connectivity index (χ3v) is 6.33. The number of nitrogens with two attached hydrogens (primary N) is 1. The van der Waals surface area contributed by atoms with Crippen molar-refractivity contribution < 1.29 is 23.4 Å². The SMILES string of the molecule is CNC(=O)[C@@]1(C)COc2c1cc([C@@](O)(CN)c1ccccc1)nc2-c1cc(Cl)c(F)cc1F. The molecule has 0 spiro atoms. The summed E-state index contributed by atoms with van der Waals surface area (Å²) in [6.45, 7) is 1.39. The fourth-order valence-corrected chi connectivity index (χ4v) is 4.19. The van der Waals surface area contributed by atoms with E-state index in [0.717, 1.165) is 6.07 Å². The molecule has 1 amide bonds. The van der Waals surface area contributed by atoms with Gasteiger partial charge in [-0.2, -0.15) is 0 Å². The number of hydrogen-bond donors (Lipinski definition) is 3. The van der Waals surface area contributed by atoms with Crippen LogP contribution in [-0.4, -0.2) is 36.2 Å². The summed E-state index contributed by atoms with van der Waals surface area (Å²) >= 11 is 5.92. The first-order chi connectivity index (χ1) is 15.7. The van der Waals surface area contributed by atoms with Gasteiger partial charge in [-0.15, -0.1) is 0 Å². The second-order valence-electron chi connectivity index (χ2n) is 8.11. The molecule has 2 heterocycles. The van der Waals surface area contributed by atoms with Gasteiger partial charge in [-0.1, -0.05) is 41.9 Å². The molecule has 0 saturated carbocycles. The van der Waals surface area contributed by atoms with Crippen LogP contribution >= 0.6 is 11.6 Å². The number of carbonyl (C=O) groups is 1. The number of hydrogen-bond acceptors (Lipinski definition) is 5. The first-order valence-corrected chi connectivity index (χ1v) is 10.6. The largest absolute Gasteiger partial charge is 0.489 e. The molecule has 2 aromatic carbocycles. The average molecular weight is 474 g/mol. The normalized spacial score (nSPS) is 18.9. The molecule has 2 atom stereocenters. The summed E-state index contributed by atoms with van der Waals surface area (Å²) in [5.74, 6) is -2.03. The molecular weight excluding hydrogens is 452 g/mol. The van der Waals surface area contributed by atoms with E-state index >= 15 is 0 Å². The van der Waals surface area contributed by atoms with Gasteiger partial charge in [0.15, 0.2) is 0 Å². The highest BCUT2D eigenvalue weighted by atomic mass is 35.5. The van der Waals surface area contributed by atoms with Gasteiger partial charge in [0.05, 0.1) is 10.7 Å². The van der Waals surface area contributed by atoms with Gasteiger partial charge in [0.25, 0.3) is 0 Å². The molecule has 6 nitrogen and oxygen atoms in total. The van der Waals surface area contributed by atoms with Gasteiger partial charge in [0, 0.05) is 30.8 Å². The molecule has 3 aromatic rings. The van der Waals surface area contributed by atoms with E-state index in [-0.39, 0.29) is 46.8 Å². The van der Waals surface area contributed by atoms with Crippen LogP contribution in [0.15, 0.2) is 48.5 Å². The lowest BCUT2D eigenvalue weighted by molar-refractivity contribution is -0.126. The third kappa shape index (κ3) is 3.64. The summed E-state index contributed by atoms with van der Waals surface area (Å²) in [7, 11) is 1.49. The number of aromatic nitrogens is 1. The molecule has 0 radical (unpaired) electrons. The molecule has 0 bridgehead atoms. The number of ether oxygens (including phenoxy) is 1. The first-order valence-electron chi connectivity index (χ1n) is 10.2. The van der Waals surface area contributed by atoms with E-state index in [1.807, 2.05) is 0 Å². The van der Waals surface area contributed by atoms with Crippen LogP contribution in [0.25, 0.3) is 11.3 Å². The Kier molecular flexibility index (Phi) is 5.86. The van der Waals surface area contributed by atoms with E-state index in [0.29, 0.717) is 17.2 Å². The zero-order valence-electron chi connectivity index (χ0n) is 18.0. The van der Waals surface area contributed by atoms with Crippen molar-refractivity contribution in [2.24, 2.45) is 5.73 Å². The number of halogens is 3. The summed E-state index contributed by atoms with van der Waals surface area (Å²) in [5.41, 5.74) is 3.88. The summed E-state index contributed by atoms with van der Waals surface area (Å²) in [5, 5.41) is 13.9. The zero-order chi connectivity index (χ0) is 24.0. The highest BCUT2D eigenvalue weighted by molar-refractivity contribution is 6.31. The number of nitrogens with zero attached hydrogens (tertiary/aromatic N) is 1. The van der Waals surface area contributed by atoms with Crippen molar-refractivity contribution in [2.75, 3.05) is 20.2 Å². The van der Waals surface area contributed by atoms with E-state index in [1.165, 1.54) is 7.05 Å². The molecule has 4 rings (SSSR count). The maximum Gasteiger partial charge on any atom is 0.233 e. The van der Waals surface area contributed by atoms with Crippen LogP contribution in [-0.2, 0) is 15.8 Å². The Balaban J connectivity index is 2.05. The van der Waals surface area contributed by atoms with Crippen LogP contribution in [0.5, 0.6) is 5.75 Å². The zero-order valence-corrected chi connectivity index (χ0v) is 18.7. The van der Waals surface area contributed by atoms with Crippen molar-refractivity contribution in [1.29, 1.82) is 0 Å². The van der Waals surface area contributed by atoms with E-state index < -0.39 is 22.7 Å². The van der Waals surface area contributed by atoms with Gasteiger partial charge in [0.2, 0.25) is 5.91 Å². The van der Waals surface area contributed by atoms with E-state index in [9.17, 15) is 18.7 Å². The van der Waals surface area contributed by atoms with Gasteiger partial charge in [-0.3, -0.25) is 4.79 Å². The molecule has 1 aliphatic heterocycles. The Hall–Kier alpha value is -3.07. The number of fused-ring (bicyclic) bond motifs is 1. The number of aliphatic hydroxyl groups is 1. The van der Waals surface area contributed by atoms with Gasteiger partial charge in [-0.25, -0.2) is 13.8 Å². The lowest BCUT2D eigenvalue weighted by Gasteiger charge is -2.29. The molecule has 1 aliphatic rings. The number of rotatable bonds is 5. The van der Waals surface area contributed by atoms with Crippen molar-refractivity contribution in [3.05, 3.63) is 82.0 Å². The standard InChI is InChI=1S/C24H22ClF2N3O3/c1-23(22(31)29-2)12-33-21-15(23)9-19(24(32,11-28)13-6-4-3-5-7-13)30-20(21)14-8-16(25)18(27)10-17(14)26/h3-10,32H,11-12,28H2,1-2H3,(H,29,31)/t23-,24+/m0/s1. The molecule has 0 unspecified atom stereocenters. The van der Waals surface area contributed by atoms with Crippen molar-refractivity contribution >= 4 is 17.5 Å². The number of benzene rings is 2. The maximum atomic E-state index is 14.9. The Morgan fingerprint density at radius 1 is 1.27 bits per heavy atom. The van der Waals surface area contributed by atoms with Gasteiger partial charge in [0.1, 0.15) is 40.7 Å². The smallest absolute Gasteiger partial charge is 0.233 e. The third-order valence-electron chi connectivity index (χ3n) is 6.04. The van der Waals surface area contributed by atoms with E-state index in [1.54, 1.807) is 43.3 Å². The predicted octanol–water partition coefficient (Wildman–Crippen LogP) is 3.27. The van der Waals surface area contributed by atoms with Crippen LogP contribution in [0.4, 0.5) is 8.78 Å². The highest BCUT2D eigenvalue weighted by Crippen LogP contribution is 2.47. The molecule has 9 heteroatoms. The van der Waals surface area contributed by atoms with Crippen LogP contribution in [0.3, 0.4) is 0 Å². The Morgan fingerprint density at radius 2 is 1.97 bits per heavy atom. The summed E-state index contributed by atoms with van der Waals surface area (Å²) in [4.78, 5) is 17.3. The monoisotopic (exact) mass is 473 g/mol. The lowest BCUT2D eigenvalue weighted by Crippen LogP contribution is -2.42. The Labute approximate surface area is 194 Å². The minimum atomic E-state index is -1.75. The number of carbonyl (C=O) groups excluding carboxylic acids is 1. The van der Waals surface area contributed by atoms with Crippen molar-refractivity contribution in [1.82, 2.24) is 10.3 Å². The topological polar surface area (TPSA) is 97.5 Å². The number of pyridine rings is 1. The Morgan fingerprint density at radius 3 is 2.61 bits per heavy atom. The highest BCUT2D eigenvalue weighted by Gasteiger charge is 2.46. The fourth-order valence-electron chi connectivity index (χ4n) is 4.03. The van der Waals surface area contributed by atoms with Gasteiger partial charge in [-0.05, 0) is 24.6 Å². The van der Waals surface area contributed by atoms with E-state index in [2.05, 4.69) is 10.3 Å². The molecule has 0 aliphatic carbocycles. The first kappa shape index (κ1) is 23.1. The molecular formula is C24H22ClF2N3O3. The minimum Gasteiger partial charge on any atom is -0.489 e. The number of amides is 1. The van der Waals surface area contributed by atoms with Gasteiger partial charge >= 0.3 is 0 Å². The molecule has 1 aromatic heterocycles. The second-order valence-corrected chi connectivity index (χ2v) is 8.52. The quantitative estimate of drug-likeness (QED) is 0.494. The number of likely N-dealkylation sites (N-methyl/N-ethyl adjacent to an activating group) is 1. The predicted molar refractivity (Wildman–Crippen MR) is 120 cm³/mol. The maximum absolute atomic E-state index is 14.9. The van der Waals surface area contributed by atoms with Crippen LogP contribution in [0.2, 0.25) is 5.02 Å². The van der Waals surface area contributed by atoms with Crippen LogP contribution in [0.1, 0.15) is 23.7 Å². The number of nitrogens with one attached hydrogen (secondary N) is 1. The van der Waals surface area contributed by atoms with Gasteiger partial charge < -0.3 is 20.9 Å². The van der Waals surface area contributed by atoms with Crippen molar-refractivity contribution in [3.8, 4) is 17.0 Å². The summed E-state index contributed by atoms with van der Waals surface area (Å²) in [6.07, 6.45) is 0. The van der Waals surface area contributed by atoms with E-state index in [4.69, 9.17) is 22.1 Å².